The highest BCUT2D eigenvalue weighted by molar-refractivity contribution is 8.85. The normalized spacial score (nSPS) is 9.75. The lowest BCUT2D eigenvalue weighted by Gasteiger charge is -1.94. The van der Waals surface area contributed by atoms with Crippen molar-refractivity contribution in [3.8, 4) is 0 Å². The highest BCUT2D eigenvalue weighted by Gasteiger charge is 2.03. The van der Waals surface area contributed by atoms with Gasteiger partial charge in [0.25, 0.3) is 5.69 Å². The van der Waals surface area contributed by atoms with E-state index < -0.39 is 4.92 Å². The molecule has 6 heteroatoms. The van der Waals surface area contributed by atoms with Crippen LogP contribution in [0, 0.1) is 10.1 Å². The minimum absolute atomic E-state index is 0.0962. The summed E-state index contributed by atoms with van der Waals surface area (Å²) in [5, 5.41) is 10.2. The zero-order valence-corrected chi connectivity index (χ0v) is 8.16. The van der Waals surface area contributed by atoms with E-state index in [9.17, 15) is 10.1 Å². The Kier molecular flexibility index (Phi) is 3.71. The van der Waals surface area contributed by atoms with E-state index in [1.807, 2.05) is 0 Å². The van der Waals surface area contributed by atoms with Gasteiger partial charge in [-0.2, -0.15) is 0 Å². The molecule has 64 valence electrons. The van der Waals surface area contributed by atoms with Crippen LogP contribution < -0.4 is 0 Å². The summed E-state index contributed by atoms with van der Waals surface area (Å²) in [6, 6.07) is 6.24. The molecule has 1 aromatic carbocycles. The molecule has 12 heavy (non-hydrogen) atoms. The van der Waals surface area contributed by atoms with Gasteiger partial charge in [0.2, 0.25) is 0 Å². The Morgan fingerprint density at radius 3 is 2.33 bits per heavy atom. The average molecular weight is 222 g/mol. The summed E-state index contributed by atoms with van der Waals surface area (Å²) < 4.78 is 0. The molecule has 0 spiro atoms. The Labute approximate surface area is 81.5 Å². The van der Waals surface area contributed by atoms with E-state index in [4.69, 9.17) is 10.7 Å². The zero-order valence-electron chi connectivity index (χ0n) is 5.77. The van der Waals surface area contributed by atoms with Gasteiger partial charge in [-0.05, 0) is 33.6 Å². The van der Waals surface area contributed by atoms with Gasteiger partial charge >= 0.3 is 0 Å². The maximum absolute atomic E-state index is 10.2. The van der Waals surface area contributed by atoms with Crippen LogP contribution in [0.3, 0.4) is 0 Å². The largest absolute Gasteiger partial charge is 0.269 e. The predicted molar refractivity (Wildman–Crippen MR) is 52.4 cm³/mol. The fourth-order valence-electron chi connectivity index (χ4n) is 0.660. The Morgan fingerprint density at radius 2 is 1.92 bits per heavy atom. The van der Waals surface area contributed by atoms with Crippen molar-refractivity contribution in [1.82, 2.24) is 0 Å². The Hall–Kier alpha value is -0.390. The molecule has 0 saturated carbocycles. The van der Waals surface area contributed by atoms with Gasteiger partial charge in [-0.3, -0.25) is 10.1 Å². The molecule has 0 N–H and O–H groups in total. The van der Waals surface area contributed by atoms with Crippen molar-refractivity contribution in [3.05, 3.63) is 34.4 Å². The number of hydrogen-bond acceptors (Lipinski definition) is 4. The molecule has 0 unspecified atom stereocenters. The highest BCUT2D eigenvalue weighted by Crippen LogP contribution is 2.34. The van der Waals surface area contributed by atoms with Crippen molar-refractivity contribution in [2.24, 2.45) is 0 Å². The number of nitro benzene ring substituents is 1. The maximum atomic E-state index is 10.2. The number of non-ortho nitro benzene ring substituents is 1. The molecular weight excluding hydrogens is 218 g/mol. The summed E-state index contributed by atoms with van der Waals surface area (Å²) in [5.74, 6) is 0. The minimum atomic E-state index is -0.428. The highest BCUT2D eigenvalue weighted by atomic mass is 35.7. The molecule has 0 aliphatic heterocycles. The first-order chi connectivity index (χ1) is 5.74. The molecule has 0 fully saturated rings. The smallest absolute Gasteiger partial charge is 0.258 e. The van der Waals surface area contributed by atoms with E-state index in [0.717, 1.165) is 14.9 Å². The van der Waals surface area contributed by atoms with Crippen LogP contribution in [0.1, 0.15) is 0 Å². The number of hydrogen-bond donors (Lipinski definition) is 0. The van der Waals surface area contributed by atoms with Gasteiger partial charge in [-0.15, -0.1) is 0 Å². The third kappa shape index (κ3) is 2.58. The summed E-state index contributed by atoms with van der Waals surface area (Å²) in [6.45, 7) is 0. The fourth-order valence-corrected chi connectivity index (χ4v) is 2.19. The second-order valence-electron chi connectivity index (χ2n) is 1.90. The van der Waals surface area contributed by atoms with E-state index in [1.54, 1.807) is 12.1 Å². The maximum Gasteiger partial charge on any atom is 0.269 e. The van der Waals surface area contributed by atoms with Crippen molar-refractivity contribution in [3.63, 3.8) is 0 Å². The summed E-state index contributed by atoms with van der Waals surface area (Å²) in [7, 11) is 7.83. The molecule has 0 radical (unpaired) electrons. The first-order valence-corrected chi connectivity index (χ1v) is 5.91. The molecule has 0 heterocycles. The van der Waals surface area contributed by atoms with Gasteiger partial charge in [0.1, 0.15) is 0 Å². The number of nitrogens with zero attached hydrogens (tertiary/aromatic N) is 1. The Bertz CT molecular complexity index is 277. The first kappa shape index (κ1) is 9.70. The van der Waals surface area contributed by atoms with Crippen molar-refractivity contribution in [1.29, 1.82) is 0 Å². The summed E-state index contributed by atoms with van der Waals surface area (Å²) in [4.78, 5) is 10.7. The lowest BCUT2D eigenvalue weighted by atomic mass is 10.3. The molecule has 0 aliphatic rings. The zero-order chi connectivity index (χ0) is 8.97. The van der Waals surface area contributed by atoms with E-state index in [1.165, 1.54) is 22.9 Å². The third-order valence-corrected chi connectivity index (χ3v) is 3.04. The Balaban J connectivity index is 2.78. The van der Waals surface area contributed by atoms with Crippen LogP contribution in [0.5, 0.6) is 0 Å². The topological polar surface area (TPSA) is 43.1 Å². The lowest BCUT2D eigenvalue weighted by molar-refractivity contribution is -0.384. The van der Waals surface area contributed by atoms with Gasteiger partial charge in [-0.1, -0.05) is 0 Å². The first-order valence-electron chi connectivity index (χ1n) is 2.94. The molecule has 0 amide bonds. The van der Waals surface area contributed by atoms with E-state index in [2.05, 4.69) is 0 Å². The van der Waals surface area contributed by atoms with Crippen LogP contribution in [0.15, 0.2) is 29.2 Å². The van der Waals surface area contributed by atoms with Crippen LogP contribution in [-0.2, 0) is 0 Å². The summed E-state index contributed by atoms with van der Waals surface area (Å²) in [6.07, 6.45) is 0. The minimum Gasteiger partial charge on any atom is -0.258 e. The summed E-state index contributed by atoms with van der Waals surface area (Å²) in [5.41, 5.74) is 0.0962. The molecule has 1 aromatic rings. The van der Waals surface area contributed by atoms with E-state index in [-0.39, 0.29) is 5.69 Å². The molecule has 0 atom stereocenters. The SMILES string of the molecule is O=[N+]([O-])c1ccc(SSCl)cc1. The molecule has 0 bridgehead atoms. The average Bonchev–Trinajstić information content (AvgIpc) is 2.06. The second kappa shape index (κ2) is 4.59. The van der Waals surface area contributed by atoms with E-state index >= 15 is 0 Å². The van der Waals surface area contributed by atoms with E-state index in [0.29, 0.717) is 0 Å². The van der Waals surface area contributed by atoms with Crippen LogP contribution in [0.2, 0.25) is 0 Å². The van der Waals surface area contributed by atoms with Crippen molar-refractivity contribution >= 4 is 37.2 Å². The number of benzene rings is 1. The van der Waals surface area contributed by atoms with Crippen molar-refractivity contribution in [2.75, 3.05) is 0 Å². The third-order valence-electron chi connectivity index (χ3n) is 1.18. The number of halogens is 1. The molecule has 0 saturated heterocycles. The molecule has 0 aromatic heterocycles. The van der Waals surface area contributed by atoms with Crippen LogP contribution in [-0.4, -0.2) is 4.92 Å². The molecule has 3 nitrogen and oxygen atoms in total. The molecule has 1 rings (SSSR count). The monoisotopic (exact) mass is 221 g/mol. The second-order valence-corrected chi connectivity index (χ2v) is 4.67. The van der Waals surface area contributed by atoms with Crippen LogP contribution in [0.25, 0.3) is 0 Å². The molecular formula is C6H4ClNO2S2. The fraction of sp³-hybridized carbons (Fsp3) is 0. The van der Waals surface area contributed by atoms with Crippen molar-refractivity contribution in [2.45, 2.75) is 4.90 Å². The van der Waals surface area contributed by atoms with Gasteiger partial charge in [-0.25, -0.2) is 0 Å². The van der Waals surface area contributed by atoms with Gasteiger partial charge in [0, 0.05) is 27.0 Å². The number of nitro groups is 1. The predicted octanol–water partition coefficient (Wildman–Crippen LogP) is 3.49. The van der Waals surface area contributed by atoms with Gasteiger partial charge in [0.15, 0.2) is 0 Å². The standard InChI is InChI=1S/C6H4ClNO2S2/c7-12-11-6-3-1-5(2-4-6)8(9)10/h1-4H. The van der Waals surface area contributed by atoms with Gasteiger partial charge < -0.3 is 0 Å². The quantitative estimate of drug-likeness (QED) is 0.445. The lowest BCUT2D eigenvalue weighted by Crippen LogP contribution is -1.85. The molecule has 0 aliphatic carbocycles. The summed E-state index contributed by atoms with van der Waals surface area (Å²) >= 11 is 0. The Morgan fingerprint density at radius 1 is 1.33 bits per heavy atom. The van der Waals surface area contributed by atoms with Crippen LogP contribution >= 0.6 is 31.5 Å². The van der Waals surface area contributed by atoms with Crippen molar-refractivity contribution < 1.29 is 4.92 Å². The number of rotatable bonds is 3. The van der Waals surface area contributed by atoms with Crippen LogP contribution in [0.4, 0.5) is 5.69 Å². The van der Waals surface area contributed by atoms with Gasteiger partial charge in [0.05, 0.1) is 4.92 Å².